The molecule has 1 saturated heterocycles. The number of allylic oxidation sites excluding steroid dienone is 7. The van der Waals surface area contributed by atoms with E-state index in [1.807, 2.05) is 6.08 Å². The van der Waals surface area contributed by atoms with Crippen LogP contribution in [0.5, 0.6) is 0 Å². The standard InChI is InChI=1S/C76H141NO10/c1-3-5-7-9-11-13-15-16-17-38-41-44-48-52-56-60-64-72(81)85-65-61-57-53-49-45-42-39-36-34-32-30-28-26-24-22-20-18-19-21-23-25-27-29-31-33-35-37-40-43-47-51-55-59-63-71(80)77-68(67-86-76-75(84)74(83)73(82)70(66-78)87-76)69(79)62-58-54-50-46-14-12-10-8-6-4-2/h14,22,24,28,30,46,58,62,68-70,73-76,78-79,82-84H,3-13,15-21,23,25-27,29,31-45,47-57,59-61,63-67H2,1-2H3,(H,77,80)/b24-22-,30-28-,46-14+,62-58+. The third kappa shape index (κ3) is 53.9. The molecular weight excluding hydrogens is 1090 g/mol. The average Bonchev–Trinajstić information content (AvgIpc) is 1.91. The first-order chi connectivity index (χ1) is 42.7. The van der Waals surface area contributed by atoms with E-state index in [4.69, 9.17) is 14.2 Å². The Labute approximate surface area is 536 Å². The van der Waals surface area contributed by atoms with Crippen molar-refractivity contribution in [1.82, 2.24) is 5.32 Å². The van der Waals surface area contributed by atoms with Crippen molar-refractivity contribution in [1.29, 1.82) is 0 Å². The van der Waals surface area contributed by atoms with Crippen LogP contribution in [0.4, 0.5) is 0 Å². The lowest BCUT2D eigenvalue weighted by atomic mass is 9.99. The van der Waals surface area contributed by atoms with E-state index >= 15 is 0 Å². The molecule has 0 spiro atoms. The van der Waals surface area contributed by atoms with E-state index in [2.05, 4.69) is 55.6 Å². The van der Waals surface area contributed by atoms with Crippen molar-refractivity contribution in [3.8, 4) is 0 Å². The molecule has 1 rings (SSSR count). The van der Waals surface area contributed by atoms with Crippen molar-refractivity contribution in [3.05, 3.63) is 48.6 Å². The maximum Gasteiger partial charge on any atom is 0.305 e. The normalized spacial score (nSPS) is 18.1. The van der Waals surface area contributed by atoms with Gasteiger partial charge in [-0.15, -0.1) is 0 Å². The number of esters is 1. The Bertz CT molecular complexity index is 1580. The second-order valence-electron chi connectivity index (χ2n) is 26.0. The molecule has 510 valence electrons. The van der Waals surface area contributed by atoms with Gasteiger partial charge in [0.1, 0.15) is 24.4 Å². The Morgan fingerprint density at radius 3 is 1.22 bits per heavy atom. The Kier molecular flexibility index (Phi) is 61.9. The van der Waals surface area contributed by atoms with Crippen LogP contribution < -0.4 is 5.32 Å². The van der Waals surface area contributed by atoms with Crippen LogP contribution in [0.3, 0.4) is 0 Å². The van der Waals surface area contributed by atoms with Gasteiger partial charge in [0.05, 0.1) is 32.0 Å². The Balaban J connectivity index is 1.91. The van der Waals surface area contributed by atoms with Gasteiger partial charge in [-0.05, 0) is 77.0 Å². The van der Waals surface area contributed by atoms with Gasteiger partial charge in [0.25, 0.3) is 0 Å². The summed E-state index contributed by atoms with van der Waals surface area (Å²) >= 11 is 0. The van der Waals surface area contributed by atoms with E-state index in [0.717, 1.165) is 57.8 Å². The highest BCUT2D eigenvalue weighted by Gasteiger charge is 2.44. The van der Waals surface area contributed by atoms with Crippen LogP contribution >= 0.6 is 0 Å². The van der Waals surface area contributed by atoms with Gasteiger partial charge in [0.2, 0.25) is 5.91 Å². The van der Waals surface area contributed by atoms with E-state index in [0.29, 0.717) is 19.4 Å². The lowest BCUT2D eigenvalue weighted by Gasteiger charge is -2.40. The lowest BCUT2D eigenvalue weighted by Crippen LogP contribution is -2.60. The van der Waals surface area contributed by atoms with E-state index in [1.54, 1.807) is 6.08 Å². The zero-order valence-electron chi connectivity index (χ0n) is 56.7. The molecule has 1 aliphatic rings. The highest BCUT2D eigenvalue weighted by atomic mass is 16.7. The lowest BCUT2D eigenvalue weighted by molar-refractivity contribution is -0.302. The summed E-state index contributed by atoms with van der Waals surface area (Å²) in [6.45, 7) is 4.33. The fourth-order valence-corrected chi connectivity index (χ4v) is 11.8. The summed E-state index contributed by atoms with van der Waals surface area (Å²) < 4.78 is 16.7. The third-order valence-electron chi connectivity index (χ3n) is 17.7. The smallest absolute Gasteiger partial charge is 0.305 e. The summed E-state index contributed by atoms with van der Waals surface area (Å²) in [5.74, 6) is -0.180. The van der Waals surface area contributed by atoms with Gasteiger partial charge in [-0.3, -0.25) is 9.59 Å². The molecule has 0 aromatic rings. The number of nitrogens with one attached hydrogen (secondary N) is 1. The third-order valence-corrected chi connectivity index (χ3v) is 17.7. The van der Waals surface area contributed by atoms with Crippen molar-refractivity contribution in [3.63, 3.8) is 0 Å². The molecule has 1 amide bonds. The summed E-state index contributed by atoms with van der Waals surface area (Å²) in [7, 11) is 0. The molecule has 0 aromatic heterocycles. The fourth-order valence-electron chi connectivity index (χ4n) is 11.8. The SMILES string of the molecule is CCCCCC/C=C/CC/C=C/C(O)C(COC1OC(CO)C(O)C(O)C1O)NC(=O)CCCCCCCCCCCCCCCCCCC/C=C\C/C=C\CCCCCCCCCCCOC(=O)CCCCCCCCCCCCCCCCCC. The highest BCUT2D eigenvalue weighted by molar-refractivity contribution is 5.76. The number of unbranched alkanes of at least 4 members (excludes halogenated alkanes) is 46. The first kappa shape index (κ1) is 82.6. The number of aliphatic hydroxyl groups excluding tert-OH is 5. The zero-order chi connectivity index (χ0) is 63.0. The number of hydrogen-bond acceptors (Lipinski definition) is 10. The quantitative estimate of drug-likeness (QED) is 0.0195. The molecule has 11 heteroatoms. The van der Waals surface area contributed by atoms with Crippen molar-refractivity contribution in [2.45, 2.75) is 403 Å². The Hall–Kier alpha value is -2.38. The maximum atomic E-state index is 13.0. The molecule has 1 aliphatic heterocycles. The van der Waals surface area contributed by atoms with Gasteiger partial charge in [-0.25, -0.2) is 0 Å². The molecular formula is C76H141NO10. The van der Waals surface area contributed by atoms with Crippen molar-refractivity contribution in [2.24, 2.45) is 0 Å². The number of carbonyl (C=O) groups is 2. The minimum atomic E-state index is -1.58. The first-order valence-corrected chi connectivity index (χ1v) is 37.4. The number of hydrogen-bond donors (Lipinski definition) is 6. The van der Waals surface area contributed by atoms with E-state index in [9.17, 15) is 35.1 Å². The van der Waals surface area contributed by atoms with Gasteiger partial charge in [-0.1, -0.05) is 319 Å². The molecule has 0 aliphatic carbocycles. The van der Waals surface area contributed by atoms with Gasteiger partial charge < -0.3 is 45.1 Å². The molecule has 7 atom stereocenters. The minimum Gasteiger partial charge on any atom is -0.466 e. The molecule has 0 radical (unpaired) electrons. The van der Waals surface area contributed by atoms with Gasteiger partial charge in [0, 0.05) is 12.8 Å². The van der Waals surface area contributed by atoms with Crippen LogP contribution in [-0.2, 0) is 23.8 Å². The second kappa shape index (κ2) is 65.1. The van der Waals surface area contributed by atoms with E-state index in [-0.39, 0.29) is 18.5 Å². The molecule has 87 heavy (non-hydrogen) atoms. The predicted octanol–water partition coefficient (Wildman–Crippen LogP) is 19.5. The Morgan fingerprint density at radius 2 is 0.782 bits per heavy atom. The van der Waals surface area contributed by atoms with Crippen LogP contribution in [0.15, 0.2) is 48.6 Å². The van der Waals surface area contributed by atoms with Crippen molar-refractivity contribution >= 4 is 11.9 Å². The topological polar surface area (TPSA) is 175 Å². The number of aliphatic hydroxyl groups is 5. The zero-order valence-corrected chi connectivity index (χ0v) is 56.7. The fraction of sp³-hybridized carbons (Fsp3) is 0.868. The summed E-state index contributed by atoms with van der Waals surface area (Å²) in [5.41, 5.74) is 0. The second-order valence-corrected chi connectivity index (χ2v) is 26.0. The van der Waals surface area contributed by atoms with Crippen LogP contribution in [0.2, 0.25) is 0 Å². The van der Waals surface area contributed by atoms with Gasteiger partial charge in [-0.2, -0.15) is 0 Å². The first-order valence-electron chi connectivity index (χ1n) is 37.4. The largest absolute Gasteiger partial charge is 0.466 e. The maximum absolute atomic E-state index is 13.0. The number of rotatable bonds is 66. The van der Waals surface area contributed by atoms with Crippen molar-refractivity contribution in [2.75, 3.05) is 19.8 Å². The molecule has 0 aromatic carbocycles. The van der Waals surface area contributed by atoms with Gasteiger partial charge in [0.15, 0.2) is 6.29 Å². The van der Waals surface area contributed by atoms with Crippen LogP contribution in [-0.4, -0.2) is 100 Å². The minimum absolute atomic E-state index is 0.0104. The summed E-state index contributed by atoms with van der Waals surface area (Å²) in [5, 5.41) is 54.3. The van der Waals surface area contributed by atoms with Crippen LogP contribution in [0.25, 0.3) is 0 Å². The molecule has 0 bridgehead atoms. The number of carbonyl (C=O) groups excluding carboxylic acids is 2. The molecule has 0 saturated carbocycles. The average molecular weight is 1230 g/mol. The predicted molar refractivity (Wildman–Crippen MR) is 366 cm³/mol. The van der Waals surface area contributed by atoms with E-state index in [1.165, 1.54) is 276 Å². The summed E-state index contributed by atoms with van der Waals surface area (Å²) in [6, 6.07) is -0.826. The van der Waals surface area contributed by atoms with Crippen molar-refractivity contribution < 1.29 is 49.3 Å². The monoisotopic (exact) mass is 1230 g/mol. The van der Waals surface area contributed by atoms with Crippen LogP contribution in [0.1, 0.15) is 361 Å². The number of amides is 1. The van der Waals surface area contributed by atoms with E-state index < -0.39 is 49.5 Å². The summed E-state index contributed by atoms with van der Waals surface area (Å²) in [6.07, 6.45) is 75.7. The van der Waals surface area contributed by atoms with Crippen LogP contribution in [0, 0.1) is 0 Å². The Morgan fingerprint density at radius 1 is 0.425 bits per heavy atom. The molecule has 6 N–H and O–H groups in total. The summed E-state index contributed by atoms with van der Waals surface area (Å²) in [4.78, 5) is 25.1. The number of ether oxygens (including phenoxy) is 3. The molecule has 1 fully saturated rings. The van der Waals surface area contributed by atoms with Gasteiger partial charge >= 0.3 is 5.97 Å². The highest BCUT2D eigenvalue weighted by Crippen LogP contribution is 2.23. The molecule has 11 nitrogen and oxygen atoms in total. The molecule has 7 unspecified atom stereocenters. The molecule has 1 heterocycles.